The normalized spacial score (nSPS) is 16.4. The minimum atomic E-state index is -1.05. The molecule has 8 heteroatoms. The molecular formula is C15H16N4O4. The Morgan fingerprint density at radius 1 is 1.35 bits per heavy atom. The summed E-state index contributed by atoms with van der Waals surface area (Å²) in [5, 5.41) is 15.6. The van der Waals surface area contributed by atoms with E-state index in [4.69, 9.17) is 9.84 Å². The van der Waals surface area contributed by atoms with Crippen LogP contribution in [0.1, 0.15) is 35.1 Å². The van der Waals surface area contributed by atoms with Crippen LogP contribution in [0, 0.1) is 0 Å². The number of carboxylic acids is 1. The number of nitrogens with one attached hydrogen (secondary N) is 1. The molecule has 3 rings (SSSR count). The van der Waals surface area contributed by atoms with Crippen molar-refractivity contribution < 1.29 is 19.4 Å². The number of nitrogens with zero attached hydrogens (tertiary/aromatic N) is 3. The lowest BCUT2D eigenvalue weighted by molar-refractivity contribution is -0.139. The average molecular weight is 316 g/mol. The van der Waals surface area contributed by atoms with Crippen LogP contribution in [0.5, 0.6) is 5.75 Å². The molecule has 2 aromatic rings. The molecule has 2 N–H and O–H groups in total. The number of ether oxygens (including phenoxy) is 1. The molecule has 0 radical (unpaired) electrons. The monoisotopic (exact) mass is 316 g/mol. The van der Waals surface area contributed by atoms with Crippen molar-refractivity contribution in [2.75, 3.05) is 6.61 Å². The van der Waals surface area contributed by atoms with Crippen molar-refractivity contribution in [3.05, 3.63) is 42.0 Å². The highest BCUT2D eigenvalue weighted by Gasteiger charge is 2.24. The fourth-order valence-electron chi connectivity index (χ4n) is 2.52. The number of carboxylic acid groups (broad SMARTS) is 1. The first-order valence-corrected chi connectivity index (χ1v) is 7.27. The smallest absolute Gasteiger partial charge is 0.341 e. The Hall–Kier alpha value is -2.90. The Balaban J connectivity index is 1.64. The molecule has 0 aliphatic carbocycles. The number of aryl methyl sites for hydroxylation is 1. The van der Waals surface area contributed by atoms with E-state index in [1.165, 1.54) is 6.33 Å². The number of hydrogen-bond acceptors (Lipinski definition) is 5. The van der Waals surface area contributed by atoms with E-state index in [0.29, 0.717) is 11.3 Å². The Kier molecular flexibility index (Phi) is 4.22. The molecule has 1 aliphatic heterocycles. The third-order valence-electron chi connectivity index (χ3n) is 3.60. The lowest BCUT2D eigenvalue weighted by atomic mass is 10.1. The van der Waals surface area contributed by atoms with Crippen molar-refractivity contribution in [3.63, 3.8) is 0 Å². The number of amides is 1. The number of carbonyl (C=O) groups is 2. The lowest BCUT2D eigenvalue weighted by Gasteiger charge is -2.23. The quantitative estimate of drug-likeness (QED) is 0.852. The minimum Gasteiger partial charge on any atom is -0.482 e. The third-order valence-corrected chi connectivity index (χ3v) is 3.60. The second-order valence-electron chi connectivity index (χ2n) is 5.22. The summed E-state index contributed by atoms with van der Waals surface area (Å²) in [7, 11) is 0. The molecule has 1 atom stereocenters. The zero-order valence-electron chi connectivity index (χ0n) is 12.3. The molecule has 0 spiro atoms. The highest BCUT2D eigenvalue weighted by molar-refractivity contribution is 5.94. The van der Waals surface area contributed by atoms with Crippen molar-refractivity contribution in [1.29, 1.82) is 0 Å². The molecule has 0 saturated carbocycles. The van der Waals surface area contributed by atoms with Gasteiger partial charge >= 0.3 is 5.97 Å². The summed E-state index contributed by atoms with van der Waals surface area (Å²) < 4.78 is 6.84. The zero-order valence-corrected chi connectivity index (χ0v) is 12.3. The van der Waals surface area contributed by atoms with Crippen molar-refractivity contribution in [2.45, 2.75) is 25.4 Å². The Bertz CT molecular complexity index is 711. The Morgan fingerprint density at radius 3 is 2.87 bits per heavy atom. The Labute approximate surface area is 132 Å². The highest BCUT2D eigenvalue weighted by atomic mass is 16.5. The molecule has 1 unspecified atom stereocenters. The van der Waals surface area contributed by atoms with Gasteiger partial charge in [-0.05, 0) is 37.1 Å². The predicted molar refractivity (Wildman–Crippen MR) is 79.0 cm³/mol. The first-order chi connectivity index (χ1) is 11.1. The van der Waals surface area contributed by atoms with Crippen LogP contribution in [0.25, 0.3) is 0 Å². The molecule has 1 aliphatic rings. The third kappa shape index (κ3) is 3.47. The second kappa shape index (κ2) is 6.47. The first-order valence-electron chi connectivity index (χ1n) is 7.27. The number of aliphatic carboxylic acids is 1. The van der Waals surface area contributed by atoms with Gasteiger partial charge in [-0.1, -0.05) is 0 Å². The summed E-state index contributed by atoms with van der Waals surface area (Å²) in [5.74, 6) is -0.0863. The predicted octanol–water partition coefficient (Wildman–Crippen LogP) is 1.01. The van der Waals surface area contributed by atoms with Gasteiger partial charge in [-0.3, -0.25) is 4.79 Å². The van der Waals surface area contributed by atoms with Crippen LogP contribution in [0.2, 0.25) is 0 Å². The average Bonchev–Trinajstić information content (AvgIpc) is 3.03. The van der Waals surface area contributed by atoms with Gasteiger partial charge in [0.2, 0.25) is 0 Å². The number of rotatable bonds is 5. The molecule has 0 fully saturated rings. The van der Waals surface area contributed by atoms with Crippen LogP contribution in [-0.2, 0) is 11.3 Å². The molecule has 1 aromatic carbocycles. The van der Waals surface area contributed by atoms with Gasteiger partial charge in [0.1, 0.15) is 17.9 Å². The van der Waals surface area contributed by atoms with Crippen LogP contribution in [0.3, 0.4) is 0 Å². The number of aromatic nitrogens is 3. The fraction of sp³-hybridized carbons (Fsp3) is 0.333. The zero-order chi connectivity index (χ0) is 16.2. The van der Waals surface area contributed by atoms with Crippen LogP contribution < -0.4 is 10.1 Å². The number of hydrogen-bond donors (Lipinski definition) is 2. The summed E-state index contributed by atoms with van der Waals surface area (Å²) in [5.41, 5.74) is 0.476. The van der Waals surface area contributed by atoms with Crippen LogP contribution in [-0.4, -0.2) is 38.4 Å². The fourth-order valence-corrected chi connectivity index (χ4v) is 2.52. The molecule has 120 valence electrons. The summed E-state index contributed by atoms with van der Waals surface area (Å²) >= 11 is 0. The topological polar surface area (TPSA) is 106 Å². The van der Waals surface area contributed by atoms with Crippen molar-refractivity contribution in [3.8, 4) is 5.75 Å². The van der Waals surface area contributed by atoms with E-state index in [9.17, 15) is 9.59 Å². The van der Waals surface area contributed by atoms with Crippen LogP contribution in [0.4, 0.5) is 0 Å². The summed E-state index contributed by atoms with van der Waals surface area (Å²) in [4.78, 5) is 27.0. The van der Waals surface area contributed by atoms with E-state index in [2.05, 4.69) is 15.4 Å². The lowest BCUT2D eigenvalue weighted by Crippen LogP contribution is -2.33. The van der Waals surface area contributed by atoms with Gasteiger partial charge in [0.15, 0.2) is 6.61 Å². The first kappa shape index (κ1) is 15.0. The maximum absolute atomic E-state index is 12.3. The van der Waals surface area contributed by atoms with Crippen LogP contribution >= 0.6 is 0 Å². The van der Waals surface area contributed by atoms with Gasteiger partial charge in [0, 0.05) is 12.1 Å². The van der Waals surface area contributed by atoms with Gasteiger partial charge in [-0.25, -0.2) is 14.5 Å². The second-order valence-corrected chi connectivity index (χ2v) is 5.22. The van der Waals surface area contributed by atoms with E-state index >= 15 is 0 Å². The molecule has 1 aromatic heterocycles. The van der Waals surface area contributed by atoms with Gasteiger partial charge in [0.05, 0.1) is 6.04 Å². The van der Waals surface area contributed by atoms with Crippen molar-refractivity contribution in [1.82, 2.24) is 20.1 Å². The minimum absolute atomic E-state index is 0.151. The largest absolute Gasteiger partial charge is 0.482 e. The standard InChI is InChI=1S/C15H16N4O4/c20-13(21)8-23-11-5-3-10(4-6-11)15(22)18-12-2-1-7-19-14(12)16-9-17-19/h3-6,9,12H,1-2,7-8H2,(H,18,22)(H,20,21). The number of carbonyl (C=O) groups excluding carboxylic acids is 1. The van der Waals surface area contributed by atoms with Gasteiger partial charge in [-0.15, -0.1) is 0 Å². The molecule has 23 heavy (non-hydrogen) atoms. The molecular weight excluding hydrogens is 300 g/mol. The molecule has 1 amide bonds. The number of benzene rings is 1. The molecule has 0 saturated heterocycles. The van der Waals surface area contributed by atoms with E-state index < -0.39 is 12.6 Å². The number of fused-ring (bicyclic) bond motifs is 1. The SMILES string of the molecule is O=C(O)COc1ccc(C(=O)NC2CCCn3ncnc32)cc1. The maximum Gasteiger partial charge on any atom is 0.341 e. The van der Waals surface area contributed by atoms with E-state index in [1.807, 2.05) is 0 Å². The van der Waals surface area contributed by atoms with Crippen molar-refractivity contribution >= 4 is 11.9 Å². The van der Waals surface area contributed by atoms with Gasteiger partial charge < -0.3 is 15.2 Å². The molecule has 0 bridgehead atoms. The van der Waals surface area contributed by atoms with E-state index in [0.717, 1.165) is 25.2 Å². The van der Waals surface area contributed by atoms with E-state index in [1.54, 1.807) is 28.9 Å². The summed E-state index contributed by atoms with van der Waals surface area (Å²) in [6.45, 7) is 0.403. The maximum atomic E-state index is 12.3. The Morgan fingerprint density at radius 2 is 2.13 bits per heavy atom. The highest BCUT2D eigenvalue weighted by Crippen LogP contribution is 2.22. The van der Waals surface area contributed by atoms with Crippen LogP contribution in [0.15, 0.2) is 30.6 Å². The van der Waals surface area contributed by atoms with Gasteiger partial charge in [-0.2, -0.15) is 5.10 Å². The summed E-state index contributed by atoms with van der Waals surface area (Å²) in [6, 6.07) is 6.18. The van der Waals surface area contributed by atoms with E-state index in [-0.39, 0.29) is 11.9 Å². The molecule has 2 heterocycles. The van der Waals surface area contributed by atoms with Gasteiger partial charge in [0.25, 0.3) is 5.91 Å². The van der Waals surface area contributed by atoms with Crippen molar-refractivity contribution in [2.24, 2.45) is 0 Å². The molecule has 8 nitrogen and oxygen atoms in total. The summed E-state index contributed by atoms with van der Waals surface area (Å²) in [6.07, 6.45) is 3.25.